The zero-order chi connectivity index (χ0) is 17.4. The fourth-order valence-corrected chi connectivity index (χ4v) is 4.05. The average molecular weight is 350 g/mol. The van der Waals surface area contributed by atoms with Gasteiger partial charge in [0.2, 0.25) is 0 Å². The van der Waals surface area contributed by atoms with Gasteiger partial charge in [-0.3, -0.25) is 9.36 Å². The summed E-state index contributed by atoms with van der Waals surface area (Å²) in [7, 11) is 1.78. The molecule has 0 unspecified atom stereocenters. The van der Waals surface area contributed by atoms with Crippen LogP contribution in [0.4, 0.5) is 0 Å². The van der Waals surface area contributed by atoms with Crippen LogP contribution < -0.4 is 5.56 Å². The van der Waals surface area contributed by atoms with Crippen molar-refractivity contribution >= 4 is 33.7 Å². The predicted molar refractivity (Wildman–Crippen MR) is 102 cm³/mol. The summed E-state index contributed by atoms with van der Waals surface area (Å²) >= 11 is 1.61. The lowest BCUT2D eigenvalue weighted by molar-refractivity contribution is 0.701. The molecule has 0 N–H and O–H groups in total. The summed E-state index contributed by atoms with van der Waals surface area (Å²) in [5, 5.41) is 1.60. The number of thioether (sulfide) groups is 1. The largest absolute Gasteiger partial charge is 0.319 e. The minimum absolute atomic E-state index is 0.00908. The number of aromatic nitrogens is 4. The predicted octanol–water partition coefficient (Wildman–Crippen LogP) is 3.60. The van der Waals surface area contributed by atoms with E-state index in [0.717, 1.165) is 34.1 Å². The van der Waals surface area contributed by atoms with Crippen LogP contribution in [-0.4, -0.2) is 19.1 Å². The summed E-state index contributed by atoms with van der Waals surface area (Å²) in [6, 6.07) is 15.6. The number of hydrogen-bond donors (Lipinski definition) is 0. The summed E-state index contributed by atoms with van der Waals surface area (Å²) in [5.41, 5.74) is 2.86. The van der Waals surface area contributed by atoms with E-state index in [2.05, 4.69) is 22.5 Å². The molecular formula is C19H18N4OS. The highest BCUT2D eigenvalue weighted by atomic mass is 32.2. The Kier molecular flexibility index (Phi) is 4.05. The highest BCUT2D eigenvalue weighted by Gasteiger charge is 2.12. The van der Waals surface area contributed by atoms with Crippen LogP contribution in [0.15, 0.2) is 58.5 Å². The van der Waals surface area contributed by atoms with E-state index >= 15 is 0 Å². The Hall–Kier alpha value is -2.60. The van der Waals surface area contributed by atoms with Crippen LogP contribution in [0.3, 0.4) is 0 Å². The van der Waals surface area contributed by atoms with Crippen LogP contribution in [0.2, 0.25) is 0 Å². The van der Waals surface area contributed by atoms with Gasteiger partial charge >= 0.3 is 0 Å². The number of benzene rings is 2. The first kappa shape index (κ1) is 15.9. The normalized spacial score (nSPS) is 11.4. The zero-order valence-electron chi connectivity index (χ0n) is 14.1. The third-order valence-corrected chi connectivity index (χ3v) is 5.31. The van der Waals surface area contributed by atoms with Crippen molar-refractivity contribution in [3.63, 3.8) is 0 Å². The van der Waals surface area contributed by atoms with Gasteiger partial charge < -0.3 is 4.57 Å². The van der Waals surface area contributed by atoms with Crippen LogP contribution in [0.25, 0.3) is 21.9 Å². The number of para-hydroxylation sites is 3. The Bertz CT molecular complexity index is 1130. The first-order valence-electron chi connectivity index (χ1n) is 8.21. The van der Waals surface area contributed by atoms with Crippen molar-refractivity contribution in [2.45, 2.75) is 24.4 Å². The van der Waals surface area contributed by atoms with E-state index in [1.165, 1.54) is 0 Å². The van der Waals surface area contributed by atoms with Gasteiger partial charge in [0.25, 0.3) is 5.56 Å². The number of imidazole rings is 1. The lowest BCUT2D eigenvalue weighted by Gasteiger charge is -2.09. The summed E-state index contributed by atoms with van der Waals surface area (Å²) < 4.78 is 3.83. The van der Waals surface area contributed by atoms with E-state index in [0.29, 0.717) is 11.1 Å². The highest BCUT2D eigenvalue weighted by molar-refractivity contribution is 7.98. The number of rotatable bonds is 4. The standard InChI is InChI=1S/C19H18N4OS/c1-3-23-16-11-7-6-10-15(16)21-19(23)25-12-17-20-14-9-5-4-8-13(14)18(24)22(17)2/h4-11H,3,12H2,1-2H3. The second-order valence-corrected chi connectivity index (χ2v) is 6.77. The van der Waals surface area contributed by atoms with Crippen molar-refractivity contribution in [1.82, 2.24) is 19.1 Å². The van der Waals surface area contributed by atoms with Gasteiger partial charge in [-0.15, -0.1) is 0 Å². The minimum Gasteiger partial charge on any atom is -0.319 e. The quantitative estimate of drug-likeness (QED) is 0.528. The Morgan fingerprint density at radius 1 is 1.00 bits per heavy atom. The van der Waals surface area contributed by atoms with E-state index < -0.39 is 0 Å². The first-order valence-corrected chi connectivity index (χ1v) is 9.20. The molecule has 0 bridgehead atoms. The number of aryl methyl sites for hydroxylation is 1. The van der Waals surface area contributed by atoms with Gasteiger partial charge in [0, 0.05) is 13.6 Å². The molecule has 6 heteroatoms. The molecule has 2 aromatic heterocycles. The van der Waals surface area contributed by atoms with Crippen molar-refractivity contribution < 1.29 is 0 Å². The van der Waals surface area contributed by atoms with Gasteiger partial charge in [-0.05, 0) is 31.2 Å². The third-order valence-electron chi connectivity index (χ3n) is 4.34. The Balaban J connectivity index is 1.71. The number of nitrogens with zero attached hydrogens (tertiary/aromatic N) is 4. The number of fused-ring (bicyclic) bond motifs is 2. The molecule has 0 atom stereocenters. The van der Waals surface area contributed by atoms with Crippen molar-refractivity contribution in [2.24, 2.45) is 7.05 Å². The van der Waals surface area contributed by atoms with Crippen LogP contribution >= 0.6 is 11.8 Å². The topological polar surface area (TPSA) is 52.7 Å². The van der Waals surface area contributed by atoms with Gasteiger partial charge in [-0.2, -0.15) is 0 Å². The van der Waals surface area contributed by atoms with E-state index in [-0.39, 0.29) is 5.56 Å². The smallest absolute Gasteiger partial charge is 0.261 e. The molecule has 4 rings (SSSR count). The second kappa shape index (κ2) is 6.37. The highest BCUT2D eigenvalue weighted by Crippen LogP contribution is 2.26. The fraction of sp³-hybridized carbons (Fsp3) is 0.211. The molecule has 0 fully saturated rings. The van der Waals surface area contributed by atoms with Crippen LogP contribution in [-0.2, 0) is 19.3 Å². The van der Waals surface area contributed by atoms with Crippen molar-refractivity contribution in [3.05, 3.63) is 64.7 Å². The Labute approximate surface area is 149 Å². The maximum absolute atomic E-state index is 12.5. The third kappa shape index (κ3) is 2.72. The molecule has 0 amide bonds. The maximum Gasteiger partial charge on any atom is 0.261 e. The molecule has 0 spiro atoms. The van der Waals surface area contributed by atoms with Crippen LogP contribution in [0.5, 0.6) is 0 Å². The van der Waals surface area contributed by atoms with E-state index in [9.17, 15) is 4.79 Å². The lowest BCUT2D eigenvalue weighted by Crippen LogP contribution is -2.21. The Morgan fingerprint density at radius 3 is 2.52 bits per heavy atom. The van der Waals surface area contributed by atoms with Gasteiger partial charge in [-0.25, -0.2) is 9.97 Å². The van der Waals surface area contributed by atoms with Gasteiger partial charge in [0.1, 0.15) is 5.82 Å². The molecule has 0 aliphatic rings. The summed E-state index contributed by atoms with van der Waals surface area (Å²) in [6.45, 7) is 2.97. The summed E-state index contributed by atoms with van der Waals surface area (Å²) in [5.74, 6) is 1.35. The summed E-state index contributed by atoms with van der Waals surface area (Å²) in [4.78, 5) is 21.9. The molecule has 2 heterocycles. The molecular weight excluding hydrogens is 332 g/mol. The van der Waals surface area contributed by atoms with E-state index in [1.54, 1.807) is 23.4 Å². The number of hydrogen-bond acceptors (Lipinski definition) is 4. The van der Waals surface area contributed by atoms with E-state index in [4.69, 9.17) is 4.98 Å². The second-order valence-electron chi connectivity index (χ2n) is 5.83. The molecule has 2 aromatic carbocycles. The average Bonchev–Trinajstić information content (AvgIpc) is 3.01. The monoisotopic (exact) mass is 350 g/mol. The molecule has 25 heavy (non-hydrogen) atoms. The van der Waals surface area contributed by atoms with Crippen LogP contribution in [0, 0.1) is 0 Å². The maximum atomic E-state index is 12.5. The molecule has 5 nitrogen and oxygen atoms in total. The molecule has 0 saturated heterocycles. The fourth-order valence-electron chi connectivity index (χ4n) is 2.99. The van der Waals surface area contributed by atoms with Crippen molar-refractivity contribution in [2.75, 3.05) is 0 Å². The van der Waals surface area contributed by atoms with Gasteiger partial charge in [0.05, 0.1) is 27.7 Å². The van der Waals surface area contributed by atoms with Crippen LogP contribution in [0.1, 0.15) is 12.7 Å². The van der Waals surface area contributed by atoms with Gasteiger partial charge in [-0.1, -0.05) is 36.0 Å². The molecule has 0 aliphatic heterocycles. The molecule has 4 aromatic rings. The first-order chi connectivity index (χ1) is 12.2. The molecule has 0 radical (unpaired) electrons. The Morgan fingerprint density at radius 2 is 1.72 bits per heavy atom. The van der Waals surface area contributed by atoms with Crippen molar-refractivity contribution in [3.8, 4) is 0 Å². The SMILES string of the molecule is CCn1c(SCc2nc3ccccc3c(=O)n2C)nc2ccccc21. The molecule has 0 saturated carbocycles. The lowest BCUT2D eigenvalue weighted by atomic mass is 10.2. The summed E-state index contributed by atoms with van der Waals surface area (Å²) in [6.07, 6.45) is 0. The molecule has 0 aliphatic carbocycles. The zero-order valence-corrected chi connectivity index (χ0v) is 15.0. The minimum atomic E-state index is -0.00908. The van der Waals surface area contributed by atoms with Crippen molar-refractivity contribution in [1.29, 1.82) is 0 Å². The van der Waals surface area contributed by atoms with Gasteiger partial charge in [0.15, 0.2) is 5.16 Å². The van der Waals surface area contributed by atoms with E-state index in [1.807, 2.05) is 42.5 Å². The molecule has 126 valence electrons.